The lowest BCUT2D eigenvalue weighted by molar-refractivity contribution is -0.117. The molecular formula is C9H14O. The fourth-order valence-corrected chi connectivity index (χ4v) is 1.18. The number of ketones is 1. The summed E-state index contributed by atoms with van der Waals surface area (Å²) < 4.78 is 0. The monoisotopic (exact) mass is 138 g/mol. The number of hydrogen-bond acceptors (Lipinski definition) is 1. The number of carbonyl (C=O) groups is 1. The Morgan fingerprint density at radius 2 is 2.20 bits per heavy atom. The maximum atomic E-state index is 10.9. The highest BCUT2D eigenvalue weighted by atomic mass is 16.1. The molecule has 0 aromatic rings. The van der Waals surface area contributed by atoms with Gasteiger partial charge >= 0.3 is 0 Å². The van der Waals surface area contributed by atoms with Gasteiger partial charge in [0.25, 0.3) is 0 Å². The van der Waals surface area contributed by atoms with Gasteiger partial charge in [0.05, 0.1) is 0 Å². The van der Waals surface area contributed by atoms with Gasteiger partial charge < -0.3 is 0 Å². The van der Waals surface area contributed by atoms with Crippen molar-refractivity contribution in [1.82, 2.24) is 0 Å². The van der Waals surface area contributed by atoms with Crippen molar-refractivity contribution >= 4 is 5.78 Å². The van der Waals surface area contributed by atoms with Crippen LogP contribution in [-0.2, 0) is 4.79 Å². The van der Waals surface area contributed by atoms with Gasteiger partial charge in [-0.2, -0.15) is 0 Å². The van der Waals surface area contributed by atoms with Gasteiger partial charge in [-0.25, -0.2) is 0 Å². The molecule has 56 valence electrons. The molecule has 0 amide bonds. The summed E-state index contributed by atoms with van der Waals surface area (Å²) >= 11 is 0. The van der Waals surface area contributed by atoms with E-state index in [-0.39, 0.29) is 11.2 Å². The van der Waals surface area contributed by atoms with E-state index in [4.69, 9.17) is 0 Å². The van der Waals surface area contributed by atoms with Crippen LogP contribution in [0.2, 0.25) is 0 Å². The van der Waals surface area contributed by atoms with Crippen molar-refractivity contribution in [2.45, 2.75) is 27.2 Å². The van der Waals surface area contributed by atoms with E-state index >= 15 is 0 Å². The Balaban J connectivity index is 2.82. The average Bonchev–Trinajstić information content (AvgIpc) is 1.78. The van der Waals surface area contributed by atoms with Crippen molar-refractivity contribution in [3.8, 4) is 0 Å². The molecule has 0 saturated carbocycles. The second-order valence-corrected chi connectivity index (χ2v) is 3.78. The standard InChI is InChI=1S/C9H14O/c1-7-4-5-8(10)6-9(7,2)3/h4-5,7H,6H2,1-3H3/t7-/m1/s1. The largest absolute Gasteiger partial charge is 0.295 e. The smallest absolute Gasteiger partial charge is 0.155 e. The van der Waals surface area contributed by atoms with E-state index in [9.17, 15) is 4.79 Å². The van der Waals surface area contributed by atoms with Crippen LogP contribution in [0.1, 0.15) is 27.2 Å². The predicted octanol–water partition coefficient (Wildman–Crippen LogP) is 2.18. The summed E-state index contributed by atoms with van der Waals surface area (Å²) in [7, 11) is 0. The van der Waals surface area contributed by atoms with Crippen molar-refractivity contribution in [3.05, 3.63) is 12.2 Å². The quantitative estimate of drug-likeness (QED) is 0.501. The Morgan fingerprint density at radius 3 is 2.60 bits per heavy atom. The zero-order valence-corrected chi connectivity index (χ0v) is 6.85. The Kier molecular flexibility index (Phi) is 1.67. The third kappa shape index (κ3) is 1.28. The van der Waals surface area contributed by atoms with E-state index in [1.165, 1.54) is 0 Å². The molecule has 0 radical (unpaired) electrons. The molecule has 0 aromatic heterocycles. The highest BCUT2D eigenvalue weighted by molar-refractivity contribution is 5.91. The number of carbonyl (C=O) groups excluding carboxylic acids is 1. The molecule has 10 heavy (non-hydrogen) atoms. The van der Waals surface area contributed by atoms with Gasteiger partial charge in [0.15, 0.2) is 5.78 Å². The first-order valence-corrected chi connectivity index (χ1v) is 3.73. The van der Waals surface area contributed by atoms with E-state index in [2.05, 4.69) is 20.8 Å². The summed E-state index contributed by atoms with van der Waals surface area (Å²) in [5, 5.41) is 0. The third-order valence-electron chi connectivity index (χ3n) is 2.43. The van der Waals surface area contributed by atoms with Gasteiger partial charge in [-0.05, 0) is 17.4 Å². The Labute approximate surface area is 62.1 Å². The van der Waals surface area contributed by atoms with Crippen molar-refractivity contribution in [3.63, 3.8) is 0 Å². The Morgan fingerprint density at radius 1 is 1.60 bits per heavy atom. The van der Waals surface area contributed by atoms with Gasteiger partial charge in [-0.15, -0.1) is 0 Å². The van der Waals surface area contributed by atoms with Gasteiger partial charge in [-0.3, -0.25) is 4.79 Å². The van der Waals surface area contributed by atoms with Crippen LogP contribution in [0, 0.1) is 11.3 Å². The SMILES string of the molecule is C[C@@H]1C=CC(=O)CC1(C)C. The Hall–Kier alpha value is -0.590. The van der Waals surface area contributed by atoms with Crippen LogP contribution in [0.3, 0.4) is 0 Å². The number of allylic oxidation sites excluding steroid dienone is 2. The van der Waals surface area contributed by atoms with Crippen LogP contribution >= 0.6 is 0 Å². The van der Waals surface area contributed by atoms with Crippen LogP contribution in [0.25, 0.3) is 0 Å². The number of rotatable bonds is 0. The van der Waals surface area contributed by atoms with Crippen molar-refractivity contribution in [2.24, 2.45) is 11.3 Å². The molecule has 1 aliphatic carbocycles. The molecule has 1 heteroatoms. The molecule has 0 spiro atoms. The molecule has 0 bridgehead atoms. The normalized spacial score (nSPS) is 30.7. The molecule has 1 rings (SSSR count). The van der Waals surface area contributed by atoms with Crippen molar-refractivity contribution < 1.29 is 4.79 Å². The minimum atomic E-state index is 0.172. The van der Waals surface area contributed by atoms with Gasteiger partial charge in [0.1, 0.15) is 0 Å². The highest BCUT2D eigenvalue weighted by Crippen LogP contribution is 2.34. The summed E-state index contributed by atoms with van der Waals surface area (Å²) in [6, 6.07) is 0. The Bertz CT molecular complexity index is 177. The highest BCUT2D eigenvalue weighted by Gasteiger charge is 2.29. The summed E-state index contributed by atoms with van der Waals surface area (Å²) in [5.74, 6) is 0.799. The van der Waals surface area contributed by atoms with E-state index in [1.54, 1.807) is 6.08 Å². The molecule has 0 N–H and O–H groups in total. The summed E-state index contributed by atoms with van der Waals surface area (Å²) in [5.41, 5.74) is 0.172. The molecule has 0 aromatic carbocycles. The van der Waals surface area contributed by atoms with Gasteiger partial charge in [-0.1, -0.05) is 26.8 Å². The zero-order valence-electron chi connectivity index (χ0n) is 6.85. The minimum absolute atomic E-state index is 0.172. The minimum Gasteiger partial charge on any atom is -0.295 e. The molecule has 1 atom stereocenters. The second-order valence-electron chi connectivity index (χ2n) is 3.78. The van der Waals surface area contributed by atoms with E-state index in [1.807, 2.05) is 6.08 Å². The average molecular weight is 138 g/mol. The van der Waals surface area contributed by atoms with Crippen LogP contribution in [0.4, 0.5) is 0 Å². The van der Waals surface area contributed by atoms with Crippen LogP contribution < -0.4 is 0 Å². The molecule has 1 nitrogen and oxygen atoms in total. The van der Waals surface area contributed by atoms with Crippen LogP contribution in [0.15, 0.2) is 12.2 Å². The molecule has 0 unspecified atom stereocenters. The molecule has 0 fully saturated rings. The fourth-order valence-electron chi connectivity index (χ4n) is 1.18. The molecule has 0 aliphatic heterocycles. The predicted molar refractivity (Wildman–Crippen MR) is 41.7 cm³/mol. The summed E-state index contributed by atoms with van der Waals surface area (Å²) in [4.78, 5) is 10.9. The van der Waals surface area contributed by atoms with Crippen molar-refractivity contribution in [1.29, 1.82) is 0 Å². The van der Waals surface area contributed by atoms with E-state index in [0.717, 1.165) is 0 Å². The van der Waals surface area contributed by atoms with Gasteiger partial charge in [0.2, 0.25) is 0 Å². The van der Waals surface area contributed by atoms with Crippen LogP contribution in [-0.4, -0.2) is 5.78 Å². The molecule has 0 saturated heterocycles. The summed E-state index contributed by atoms with van der Waals surface area (Å²) in [6.45, 7) is 6.43. The van der Waals surface area contributed by atoms with Gasteiger partial charge in [0, 0.05) is 6.42 Å². The first-order chi connectivity index (χ1) is 4.52. The van der Waals surface area contributed by atoms with E-state index in [0.29, 0.717) is 12.3 Å². The first-order valence-electron chi connectivity index (χ1n) is 3.73. The maximum Gasteiger partial charge on any atom is 0.155 e. The lowest BCUT2D eigenvalue weighted by atomic mass is 9.73. The maximum absolute atomic E-state index is 10.9. The molecule has 1 aliphatic rings. The lowest BCUT2D eigenvalue weighted by Gasteiger charge is -2.31. The molecular weight excluding hydrogens is 124 g/mol. The third-order valence-corrected chi connectivity index (χ3v) is 2.43. The van der Waals surface area contributed by atoms with E-state index < -0.39 is 0 Å². The zero-order chi connectivity index (χ0) is 7.78. The molecule has 0 heterocycles. The summed E-state index contributed by atoms with van der Waals surface area (Å²) in [6.07, 6.45) is 4.41. The first kappa shape index (κ1) is 7.52. The number of hydrogen-bond donors (Lipinski definition) is 0. The fraction of sp³-hybridized carbons (Fsp3) is 0.667. The second kappa shape index (κ2) is 2.22. The van der Waals surface area contributed by atoms with Crippen LogP contribution in [0.5, 0.6) is 0 Å². The van der Waals surface area contributed by atoms with Crippen molar-refractivity contribution in [2.75, 3.05) is 0 Å². The lowest BCUT2D eigenvalue weighted by Crippen LogP contribution is -2.26. The topological polar surface area (TPSA) is 17.1 Å².